The second kappa shape index (κ2) is 4.71. The number of halogens is 1. The van der Waals surface area contributed by atoms with Gasteiger partial charge in [-0.2, -0.15) is 0 Å². The van der Waals surface area contributed by atoms with E-state index < -0.39 is 0 Å². The second-order valence-electron chi connectivity index (χ2n) is 4.14. The van der Waals surface area contributed by atoms with Crippen molar-refractivity contribution < 1.29 is 0 Å². The molecule has 0 bridgehead atoms. The van der Waals surface area contributed by atoms with Crippen molar-refractivity contribution in [3.63, 3.8) is 0 Å². The molecule has 2 unspecified atom stereocenters. The van der Waals surface area contributed by atoms with E-state index in [-0.39, 0.29) is 0 Å². The number of nitrogens with one attached hydrogen (secondary N) is 1. The van der Waals surface area contributed by atoms with E-state index in [4.69, 9.17) is 11.6 Å². The molecule has 3 heteroatoms. The fourth-order valence-electron chi connectivity index (χ4n) is 1.84. The van der Waals surface area contributed by atoms with Crippen molar-refractivity contribution in [2.24, 2.45) is 0 Å². The molecule has 2 nitrogen and oxygen atoms in total. The summed E-state index contributed by atoms with van der Waals surface area (Å²) in [5.74, 6) is 0.862. The zero-order chi connectivity index (χ0) is 11.5. The van der Waals surface area contributed by atoms with E-state index in [1.165, 1.54) is 11.3 Å². The average molecular weight is 235 g/mol. The Kier molecular flexibility index (Phi) is 3.30. The third kappa shape index (κ3) is 2.27. The van der Waals surface area contributed by atoms with Gasteiger partial charge in [0.2, 0.25) is 0 Å². The van der Waals surface area contributed by atoms with Gasteiger partial charge in [0.15, 0.2) is 0 Å². The predicted molar refractivity (Wildman–Crippen MR) is 66.9 cm³/mol. The SMILES string of the molecule is CC(c1ccc(Cl)cc1)C(C)c1cnc[nH]1. The van der Waals surface area contributed by atoms with Crippen molar-refractivity contribution >= 4 is 11.6 Å². The summed E-state index contributed by atoms with van der Waals surface area (Å²) < 4.78 is 0. The first kappa shape index (κ1) is 11.2. The highest BCUT2D eigenvalue weighted by Gasteiger charge is 2.17. The van der Waals surface area contributed by atoms with E-state index in [9.17, 15) is 0 Å². The number of rotatable bonds is 3. The Hall–Kier alpha value is -1.28. The fourth-order valence-corrected chi connectivity index (χ4v) is 1.97. The van der Waals surface area contributed by atoms with Crippen molar-refractivity contribution in [3.05, 3.63) is 53.1 Å². The predicted octanol–water partition coefficient (Wildman–Crippen LogP) is 3.97. The monoisotopic (exact) mass is 234 g/mol. The summed E-state index contributed by atoms with van der Waals surface area (Å²) in [6.07, 6.45) is 3.61. The highest BCUT2D eigenvalue weighted by Crippen LogP contribution is 2.31. The molecule has 1 heterocycles. The Morgan fingerprint density at radius 1 is 1.12 bits per heavy atom. The molecule has 1 aromatic carbocycles. The average Bonchev–Trinajstić information content (AvgIpc) is 2.81. The number of H-pyrrole nitrogens is 1. The lowest BCUT2D eigenvalue weighted by molar-refractivity contribution is 0.610. The van der Waals surface area contributed by atoms with Crippen LogP contribution in [0.4, 0.5) is 0 Å². The summed E-state index contributed by atoms with van der Waals surface area (Å²) in [6.45, 7) is 4.42. The number of hydrogen-bond donors (Lipinski definition) is 1. The topological polar surface area (TPSA) is 28.7 Å². The largest absolute Gasteiger partial charge is 0.348 e. The lowest BCUT2D eigenvalue weighted by atomic mass is 9.87. The Balaban J connectivity index is 2.19. The van der Waals surface area contributed by atoms with Gasteiger partial charge >= 0.3 is 0 Å². The molecule has 0 aliphatic heterocycles. The minimum Gasteiger partial charge on any atom is -0.348 e. The van der Waals surface area contributed by atoms with Crippen molar-refractivity contribution in [2.45, 2.75) is 25.7 Å². The standard InChI is InChI=1S/C13H15ClN2/c1-9(10(2)13-7-15-8-16-13)11-3-5-12(14)6-4-11/h3-10H,1-2H3,(H,15,16). The van der Waals surface area contributed by atoms with Crippen LogP contribution in [0.5, 0.6) is 0 Å². The van der Waals surface area contributed by atoms with E-state index in [2.05, 4.69) is 35.9 Å². The smallest absolute Gasteiger partial charge is 0.0921 e. The van der Waals surface area contributed by atoms with Gasteiger partial charge < -0.3 is 4.98 Å². The molecule has 1 aromatic heterocycles. The van der Waals surface area contributed by atoms with Crippen molar-refractivity contribution in [1.29, 1.82) is 0 Å². The van der Waals surface area contributed by atoms with Gasteiger partial charge in [-0.1, -0.05) is 37.6 Å². The maximum atomic E-state index is 5.88. The molecular formula is C13H15ClN2. The van der Waals surface area contributed by atoms with Crippen LogP contribution in [0.25, 0.3) is 0 Å². The minimum atomic E-state index is 0.420. The zero-order valence-corrected chi connectivity index (χ0v) is 10.2. The molecule has 0 saturated carbocycles. The molecule has 0 saturated heterocycles. The maximum Gasteiger partial charge on any atom is 0.0921 e. The molecule has 1 N–H and O–H groups in total. The summed E-state index contributed by atoms with van der Waals surface area (Å²) in [5.41, 5.74) is 2.47. The molecule has 2 rings (SSSR count). The van der Waals surface area contributed by atoms with Gasteiger partial charge in [0, 0.05) is 22.8 Å². The molecule has 84 valence electrons. The minimum absolute atomic E-state index is 0.420. The Bertz CT molecular complexity index is 433. The molecular weight excluding hydrogens is 220 g/mol. The highest BCUT2D eigenvalue weighted by molar-refractivity contribution is 6.30. The van der Waals surface area contributed by atoms with E-state index >= 15 is 0 Å². The summed E-state index contributed by atoms with van der Waals surface area (Å²) in [7, 11) is 0. The number of aromatic nitrogens is 2. The zero-order valence-electron chi connectivity index (χ0n) is 9.44. The number of benzene rings is 1. The summed E-state index contributed by atoms with van der Waals surface area (Å²) >= 11 is 5.88. The summed E-state index contributed by atoms with van der Waals surface area (Å²) in [4.78, 5) is 7.22. The van der Waals surface area contributed by atoms with E-state index in [0.717, 1.165) is 5.02 Å². The molecule has 2 atom stereocenters. The van der Waals surface area contributed by atoms with Gasteiger partial charge in [-0.25, -0.2) is 4.98 Å². The van der Waals surface area contributed by atoms with Crippen LogP contribution in [0.1, 0.15) is 36.9 Å². The quantitative estimate of drug-likeness (QED) is 0.855. The molecule has 0 aliphatic rings. The molecule has 2 aromatic rings. The molecule has 0 fully saturated rings. The number of nitrogens with zero attached hydrogens (tertiary/aromatic N) is 1. The van der Waals surface area contributed by atoms with Crippen molar-refractivity contribution in [2.75, 3.05) is 0 Å². The van der Waals surface area contributed by atoms with Crippen LogP contribution in [0, 0.1) is 0 Å². The lowest BCUT2D eigenvalue weighted by Gasteiger charge is -2.19. The number of hydrogen-bond acceptors (Lipinski definition) is 1. The first-order valence-corrected chi connectivity index (χ1v) is 5.80. The van der Waals surface area contributed by atoms with Crippen LogP contribution < -0.4 is 0 Å². The number of aromatic amines is 1. The van der Waals surface area contributed by atoms with Crippen molar-refractivity contribution in [3.8, 4) is 0 Å². The van der Waals surface area contributed by atoms with Gasteiger partial charge in [0.1, 0.15) is 0 Å². The Morgan fingerprint density at radius 3 is 2.38 bits per heavy atom. The molecule has 0 radical (unpaired) electrons. The van der Waals surface area contributed by atoms with Crippen LogP contribution in [0.3, 0.4) is 0 Å². The molecule has 0 amide bonds. The lowest BCUT2D eigenvalue weighted by Crippen LogP contribution is -2.05. The second-order valence-corrected chi connectivity index (χ2v) is 4.57. The van der Waals surface area contributed by atoms with Gasteiger partial charge in [-0.15, -0.1) is 0 Å². The summed E-state index contributed by atoms with van der Waals surface area (Å²) in [5, 5.41) is 0.783. The van der Waals surface area contributed by atoms with Gasteiger partial charge in [0.05, 0.1) is 6.33 Å². The van der Waals surface area contributed by atoms with Gasteiger partial charge in [-0.05, 0) is 23.6 Å². The molecule has 16 heavy (non-hydrogen) atoms. The van der Waals surface area contributed by atoms with Gasteiger partial charge in [-0.3, -0.25) is 0 Å². The van der Waals surface area contributed by atoms with E-state index in [0.29, 0.717) is 11.8 Å². The fraction of sp³-hybridized carbons (Fsp3) is 0.308. The summed E-state index contributed by atoms with van der Waals surface area (Å²) in [6, 6.07) is 8.04. The van der Waals surface area contributed by atoms with E-state index in [1.54, 1.807) is 6.33 Å². The Morgan fingerprint density at radius 2 is 1.81 bits per heavy atom. The Labute approximate surface area is 101 Å². The first-order chi connectivity index (χ1) is 7.68. The highest BCUT2D eigenvalue weighted by atomic mass is 35.5. The normalized spacial score (nSPS) is 14.7. The van der Waals surface area contributed by atoms with Crippen molar-refractivity contribution in [1.82, 2.24) is 9.97 Å². The van der Waals surface area contributed by atoms with Crippen LogP contribution in [-0.2, 0) is 0 Å². The van der Waals surface area contributed by atoms with Crippen LogP contribution in [0.15, 0.2) is 36.8 Å². The van der Waals surface area contributed by atoms with E-state index in [1.807, 2.05) is 18.3 Å². The third-order valence-corrected chi connectivity index (χ3v) is 3.41. The first-order valence-electron chi connectivity index (χ1n) is 5.42. The van der Waals surface area contributed by atoms with Crippen LogP contribution in [0.2, 0.25) is 5.02 Å². The molecule has 0 aliphatic carbocycles. The number of imidazole rings is 1. The van der Waals surface area contributed by atoms with Crippen LogP contribution in [-0.4, -0.2) is 9.97 Å². The molecule has 0 spiro atoms. The third-order valence-electron chi connectivity index (χ3n) is 3.16. The maximum absolute atomic E-state index is 5.88. The van der Waals surface area contributed by atoms with Crippen LogP contribution >= 0.6 is 11.6 Å². The van der Waals surface area contributed by atoms with Gasteiger partial charge in [0.25, 0.3) is 0 Å².